The van der Waals surface area contributed by atoms with Gasteiger partial charge < -0.3 is 10.0 Å². The van der Waals surface area contributed by atoms with Gasteiger partial charge in [-0.05, 0) is 35.7 Å². The number of nitrogens with one attached hydrogen (secondary N) is 1. The molecule has 3 aromatic carbocycles. The lowest BCUT2D eigenvalue weighted by Crippen LogP contribution is -2.26. The molecule has 1 amide bonds. The third kappa shape index (κ3) is 3.72. The molecule has 4 rings (SSSR count). The van der Waals surface area contributed by atoms with E-state index in [-0.39, 0.29) is 17.2 Å². The molecule has 5 heteroatoms. The molecular formula is C24H23N3O2. The molecule has 0 fully saturated rings. The largest absolute Gasteiger partial charge is 0.507 e. The zero-order valence-electron chi connectivity index (χ0n) is 16.5. The average molecular weight is 385 g/mol. The van der Waals surface area contributed by atoms with Gasteiger partial charge in [0.25, 0.3) is 5.91 Å². The number of aromatic amines is 1. The van der Waals surface area contributed by atoms with Crippen LogP contribution in [0, 0.1) is 0 Å². The summed E-state index contributed by atoms with van der Waals surface area (Å²) in [6, 6.07) is 21.1. The van der Waals surface area contributed by atoms with E-state index in [0.29, 0.717) is 11.9 Å². The number of H-pyrrole nitrogens is 1. The van der Waals surface area contributed by atoms with Crippen LogP contribution in [0.3, 0.4) is 0 Å². The van der Waals surface area contributed by atoms with Crippen molar-refractivity contribution in [3.05, 3.63) is 89.1 Å². The zero-order valence-corrected chi connectivity index (χ0v) is 16.5. The smallest absolute Gasteiger partial charge is 0.261 e. The highest BCUT2D eigenvalue weighted by atomic mass is 16.3. The maximum Gasteiger partial charge on any atom is 0.261 e. The molecule has 2 N–H and O–H groups in total. The van der Waals surface area contributed by atoms with Crippen LogP contribution in [0.4, 0.5) is 5.69 Å². The van der Waals surface area contributed by atoms with Crippen molar-refractivity contribution in [2.24, 2.45) is 0 Å². The van der Waals surface area contributed by atoms with Gasteiger partial charge in [-0.2, -0.15) is 5.10 Å². The maximum absolute atomic E-state index is 13.0. The van der Waals surface area contributed by atoms with Crippen molar-refractivity contribution < 1.29 is 9.90 Å². The Balaban J connectivity index is 1.70. The van der Waals surface area contributed by atoms with Crippen LogP contribution in [-0.4, -0.2) is 28.3 Å². The van der Waals surface area contributed by atoms with Crippen LogP contribution < -0.4 is 4.90 Å². The summed E-state index contributed by atoms with van der Waals surface area (Å²) in [5, 5.41) is 18.7. The number of aromatic hydroxyl groups is 1. The summed E-state index contributed by atoms with van der Waals surface area (Å²) in [4.78, 5) is 14.6. The summed E-state index contributed by atoms with van der Waals surface area (Å²) in [6.07, 6.45) is 1.63. The summed E-state index contributed by atoms with van der Waals surface area (Å²) in [6.45, 7) is 2.13. The summed E-state index contributed by atoms with van der Waals surface area (Å²) < 4.78 is 0. The molecule has 0 aliphatic heterocycles. The number of nitrogens with zero attached hydrogens (tertiary/aromatic N) is 2. The molecule has 0 saturated carbocycles. The van der Waals surface area contributed by atoms with E-state index in [1.807, 2.05) is 30.3 Å². The van der Waals surface area contributed by atoms with Gasteiger partial charge in [0.05, 0.1) is 16.8 Å². The van der Waals surface area contributed by atoms with Gasteiger partial charge in [-0.15, -0.1) is 0 Å². The van der Waals surface area contributed by atoms with Crippen molar-refractivity contribution >= 4 is 22.5 Å². The number of hydrogen-bond acceptors (Lipinski definition) is 3. The van der Waals surface area contributed by atoms with Crippen LogP contribution in [0.15, 0.2) is 66.7 Å². The Morgan fingerprint density at radius 3 is 2.55 bits per heavy atom. The monoisotopic (exact) mass is 385 g/mol. The van der Waals surface area contributed by atoms with Crippen molar-refractivity contribution in [1.29, 1.82) is 0 Å². The molecule has 1 heterocycles. The van der Waals surface area contributed by atoms with E-state index in [4.69, 9.17) is 0 Å². The van der Waals surface area contributed by atoms with Crippen LogP contribution in [0.5, 0.6) is 5.75 Å². The predicted molar refractivity (Wildman–Crippen MR) is 116 cm³/mol. The number of carbonyl (C=O) groups excluding carboxylic acids is 1. The number of aromatic nitrogens is 2. The molecule has 0 spiro atoms. The first-order chi connectivity index (χ1) is 14.1. The first kappa shape index (κ1) is 18.7. The predicted octanol–water partition coefficient (Wildman–Crippen LogP) is 4.70. The number of phenols is 1. The Bertz CT molecular complexity index is 1170. The molecule has 29 heavy (non-hydrogen) atoms. The fourth-order valence-corrected chi connectivity index (χ4v) is 3.52. The quantitative estimate of drug-likeness (QED) is 0.523. The fraction of sp³-hybridized carbons (Fsp3) is 0.167. The topological polar surface area (TPSA) is 69.2 Å². The summed E-state index contributed by atoms with van der Waals surface area (Å²) in [5.41, 5.74) is 5.03. The van der Waals surface area contributed by atoms with Crippen molar-refractivity contribution in [2.75, 3.05) is 11.9 Å². The standard InChI is InChI=1S/C24H23N3O2/c1-3-16-8-7-9-17(12-16)13-21-19-14-20(23(28)15-22(19)26-25-21)24(29)27(2)18-10-5-4-6-11-18/h4-12,14-15,28H,3,13H2,1-2H3,(H,25,26). The fourth-order valence-electron chi connectivity index (χ4n) is 3.52. The summed E-state index contributed by atoms with van der Waals surface area (Å²) in [5.74, 6) is -0.329. The van der Waals surface area contributed by atoms with Crippen molar-refractivity contribution in [3.8, 4) is 5.75 Å². The number of rotatable bonds is 5. The molecule has 5 nitrogen and oxygen atoms in total. The maximum atomic E-state index is 13.0. The van der Waals surface area contributed by atoms with Crippen LogP contribution in [0.25, 0.3) is 10.9 Å². The molecular weight excluding hydrogens is 362 g/mol. The minimum absolute atomic E-state index is 0.0616. The van der Waals surface area contributed by atoms with E-state index < -0.39 is 0 Å². The molecule has 0 radical (unpaired) electrons. The second kappa shape index (κ2) is 7.80. The van der Waals surface area contributed by atoms with Gasteiger partial charge >= 0.3 is 0 Å². The molecule has 0 aliphatic carbocycles. The molecule has 146 valence electrons. The summed E-state index contributed by atoms with van der Waals surface area (Å²) >= 11 is 0. The molecule has 0 aliphatic rings. The molecule has 0 unspecified atom stereocenters. The number of hydrogen-bond donors (Lipinski definition) is 2. The minimum Gasteiger partial charge on any atom is -0.507 e. The van der Waals surface area contributed by atoms with Gasteiger partial charge in [-0.3, -0.25) is 9.89 Å². The summed E-state index contributed by atoms with van der Waals surface area (Å²) in [7, 11) is 1.70. The highest BCUT2D eigenvalue weighted by Crippen LogP contribution is 2.29. The second-order valence-corrected chi connectivity index (χ2v) is 7.14. The van der Waals surface area contributed by atoms with E-state index in [1.54, 1.807) is 19.2 Å². The van der Waals surface area contributed by atoms with E-state index in [2.05, 4.69) is 41.4 Å². The lowest BCUT2D eigenvalue weighted by molar-refractivity contribution is 0.0990. The van der Waals surface area contributed by atoms with Crippen LogP contribution in [0.1, 0.15) is 34.1 Å². The number of benzene rings is 3. The minimum atomic E-state index is -0.268. The first-order valence-electron chi connectivity index (χ1n) is 9.67. The SMILES string of the molecule is CCc1cccc(Cc2n[nH]c3cc(O)c(C(=O)N(C)c4ccccc4)cc23)c1. The number of amides is 1. The van der Waals surface area contributed by atoms with Gasteiger partial charge in [0, 0.05) is 30.6 Å². The Morgan fingerprint density at radius 1 is 1.03 bits per heavy atom. The van der Waals surface area contributed by atoms with Gasteiger partial charge in [0.1, 0.15) is 5.75 Å². The van der Waals surface area contributed by atoms with Crippen molar-refractivity contribution in [3.63, 3.8) is 0 Å². The molecule has 4 aromatic rings. The van der Waals surface area contributed by atoms with Gasteiger partial charge in [-0.25, -0.2) is 0 Å². The van der Waals surface area contributed by atoms with Crippen molar-refractivity contribution in [1.82, 2.24) is 10.2 Å². The Labute approximate surface area is 169 Å². The van der Waals surface area contributed by atoms with Gasteiger partial charge in [-0.1, -0.05) is 49.4 Å². The van der Waals surface area contributed by atoms with E-state index in [9.17, 15) is 9.90 Å². The van der Waals surface area contributed by atoms with E-state index in [0.717, 1.165) is 23.2 Å². The second-order valence-electron chi connectivity index (χ2n) is 7.14. The first-order valence-corrected chi connectivity index (χ1v) is 9.67. The third-order valence-corrected chi connectivity index (χ3v) is 5.21. The Morgan fingerprint density at radius 2 is 1.79 bits per heavy atom. The third-order valence-electron chi connectivity index (χ3n) is 5.21. The highest BCUT2D eigenvalue weighted by molar-refractivity contribution is 6.09. The van der Waals surface area contributed by atoms with E-state index in [1.165, 1.54) is 16.0 Å². The number of aryl methyl sites for hydroxylation is 1. The van der Waals surface area contributed by atoms with Crippen LogP contribution >= 0.6 is 0 Å². The lowest BCUT2D eigenvalue weighted by Gasteiger charge is -2.18. The number of carbonyl (C=O) groups is 1. The van der Waals surface area contributed by atoms with Gasteiger partial charge in [0.15, 0.2) is 0 Å². The number of fused-ring (bicyclic) bond motifs is 1. The molecule has 0 bridgehead atoms. The number of phenolic OH excluding ortho intramolecular Hbond substituents is 1. The number of para-hydroxylation sites is 1. The van der Waals surface area contributed by atoms with Gasteiger partial charge in [0.2, 0.25) is 0 Å². The molecule has 0 saturated heterocycles. The zero-order chi connectivity index (χ0) is 20.4. The molecule has 1 aromatic heterocycles. The van der Waals surface area contributed by atoms with Crippen LogP contribution in [0.2, 0.25) is 0 Å². The highest BCUT2D eigenvalue weighted by Gasteiger charge is 2.20. The van der Waals surface area contributed by atoms with Crippen molar-refractivity contribution in [2.45, 2.75) is 19.8 Å². The lowest BCUT2D eigenvalue weighted by atomic mass is 10.0. The average Bonchev–Trinajstić information content (AvgIpc) is 3.14. The normalized spacial score (nSPS) is 11.0. The van der Waals surface area contributed by atoms with Crippen LogP contribution in [-0.2, 0) is 12.8 Å². The Kier molecular flexibility index (Phi) is 5.04. The number of anilines is 1. The molecule has 0 atom stereocenters. The van der Waals surface area contributed by atoms with E-state index >= 15 is 0 Å². The Hall–Kier alpha value is -3.60.